The van der Waals surface area contributed by atoms with Crippen molar-refractivity contribution in [2.75, 3.05) is 6.61 Å². The van der Waals surface area contributed by atoms with Gasteiger partial charge in [-0.15, -0.1) is 12.4 Å². The monoisotopic (exact) mass is 421 g/mol. The Kier molecular flexibility index (Phi) is 6.24. The Balaban J connectivity index is 0.00000240. The number of halogens is 1. The number of carbonyl (C=O) groups excluding carboxylic acids is 4. The molecule has 1 aromatic carbocycles. The van der Waals surface area contributed by atoms with Crippen LogP contribution in [0.25, 0.3) is 0 Å². The molecule has 0 bridgehead atoms. The minimum absolute atomic E-state index is 0. The lowest BCUT2D eigenvalue weighted by Crippen LogP contribution is -2.54. The van der Waals surface area contributed by atoms with Crippen LogP contribution in [0.1, 0.15) is 59.2 Å². The Morgan fingerprint density at radius 3 is 2.38 bits per heavy atom. The van der Waals surface area contributed by atoms with E-state index in [0.717, 1.165) is 30.6 Å². The van der Waals surface area contributed by atoms with E-state index in [4.69, 9.17) is 10.5 Å². The van der Waals surface area contributed by atoms with Gasteiger partial charge in [0.2, 0.25) is 11.8 Å². The molecule has 156 valence electrons. The maximum Gasteiger partial charge on any atom is 0.262 e. The number of fused-ring (bicyclic) bond motifs is 1. The number of nitrogens with one attached hydrogen (secondary N) is 1. The third kappa shape index (κ3) is 4.13. The third-order valence-electron chi connectivity index (χ3n) is 5.79. The first-order chi connectivity index (χ1) is 13.4. The fraction of sp³-hybridized carbons (Fsp3) is 0.500. The van der Waals surface area contributed by atoms with Gasteiger partial charge in [0.05, 0.1) is 17.7 Å². The van der Waals surface area contributed by atoms with E-state index in [1.54, 1.807) is 18.2 Å². The van der Waals surface area contributed by atoms with Crippen molar-refractivity contribution in [1.82, 2.24) is 10.2 Å². The molecular weight excluding hydrogens is 398 g/mol. The topological polar surface area (TPSA) is 119 Å². The standard InChI is InChI=1S/C20H23N3O5.ClH/c21-12-3-1-11(2-4-12)10-28-13-5-6-14-15(9-13)20(27)23(19(14)26)16-7-8-17(24)22-18(16)25;/h5-6,9,11-12,16H,1-4,7-8,10,21H2,(H,22,24,25);1H. The Morgan fingerprint density at radius 1 is 1.00 bits per heavy atom. The zero-order valence-electron chi connectivity index (χ0n) is 15.9. The number of rotatable bonds is 4. The summed E-state index contributed by atoms with van der Waals surface area (Å²) in [5.41, 5.74) is 6.41. The van der Waals surface area contributed by atoms with Gasteiger partial charge >= 0.3 is 0 Å². The van der Waals surface area contributed by atoms with Crippen LogP contribution in [-0.4, -0.2) is 47.2 Å². The smallest absolute Gasteiger partial charge is 0.262 e. The number of carbonyl (C=O) groups is 4. The first-order valence-electron chi connectivity index (χ1n) is 9.68. The molecule has 29 heavy (non-hydrogen) atoms. The molecule has 9 heteroatoms. The molecular formula is C20H24ClN3O5. The average molecular weight is 422 g/mol. The Hall–Kier alpha value is -2.45. The molecule has 3 N–H and O–H groups in total. The van der Waals surface area contributed by atoms with Gasteiger partial charge in [-0.2, -0.15) is 0 Å². The Bertz CT molecular complexity index is 851. The van der Waals surface area contributed by atoms with Crippen molar-refractivity contribution in [3.05, 3.63) is 29.3 Å². The zero-order valence-corrected chi connectivity index (χ0v) is 16.7. The molecule has 2 heterocycles. The quantitative estimate of drug-likeness (QED) is 0.709. The minimum atomic E-state index is -0.957. The number of nitrogens with zero attached hydrogens (tertiary/aromatic N) is 1. The predicted molar refractivity (Wildman–Crippen MR) is 106 cm³/mol. The maximum atomic E-state index is 12.8. The first kappa shape index (κ1) is 21.3. The van der Waals surface area contributed by atoms with Crippen molar-refractivity contribution in [3.8, 4) is 5.75 Å². The molecule has 0 aromatic heterocycles. The SMILES string of the molecule is Cl.NC1CCC(COc2ccc3c(c2)C(=O)N(C2CCC(=O)NC2=O)C3=O)CC1. The normalized spacial score (nSPS) is 26.7. The molecule has 4 rings (SSSR count). The zero-order chi connectivity index (χ0) is 19.8. The van der Waals surface area contributed by atoms with E-state index in [1.807, 2.05) is 0 Å². The molecule has 2 fully saturated rings. The van der Waals surface area contributed by atoms with Gasteiger partial charge in [-0.1, -0.05) is 0 Å². The molecule has 4 amide bonds. The van der Waals surface area contributed by atoms with Gasteiger partial charge in [-0.25, -0.2) is 0 Å². The first-order valence-corrected chi connectivity index (χ1v) is 9.68. The van der Waals surface area contributed by atoms with E-state index >= 15 is 0 Å². The van der Waals surface area contributed by atoms with Gasteiger partial charge in [-0.3, -0.25) is 29.4 Å². The maximum absolute atomic E-state index is 12.8. The van der Waals surface area contributed by atoms with Crippen molar-refractivity contribution in [2.24, 2.45) is 11.7 Å². The lowest BCUT2D eigenvalue weighted by atomic mass is 9.87. The van der Waals surface area contributed by atoms with E-state index in [1.165, 1.54) is 0 Å². The molecule has 8 nitrogen and oxygen atoms in total. The number of ether oxygens (including phenoxy) is 1. The van der Waals surface area contributed by atoms with Crippen LogP contribution in [-0.2, 0) is 9.59 Å². The van der Waals surface area contributed by atoms with Crippen LogP contribution >= 0.6 is 12.4 Å². The van der Waals surface area contributed by atoms with Crippen molar-refractivity contribution in [2.45, 2.75) is 50.6 Å². The predicted octanol–water partition coefficient (Wildman–Crippen LogP) is 1.41. The second-order valence-corrected chi connectivity index (χ2v) is 7.75. The largest absolute Gasteiger partial charge is 0.493 e. The highest BCUT2D eigenvalue weighted by atomic mass is 35.5. The molecule has 1 aromatic rings. The molecule has 0 spiro atoms. The highest BCUT2D eigenvalue weighted by molar-refractivity contribution is 6.23. The van der Waals surface area contributed by atoms with Gasteiger partial charge < -0.3 is 10.5 Å². The van der Waals surface area contributed by atoms with Gasteiger partial charge in [0.25, 0.3) is 11.8 Å². The second kappa shape index (κ2) is 8.51. The van der Waals surface area contributed by atoms with Crippen LogP contribution in [0.3, 0.4) is 0 Å². The van der Waals surface area contributed by atoms with Crippen LogP contribution in [0.2, 0.25) is 0 Å². The van der Waals surface area contributed by atoms with E-state index in [2.05, 4.69) is 5.32 Å². The van der Waals surface area contributed by atoms with E-state index < -0.39 is 29.7 Å². The summed E-state index contributed by atoms with van der Waals surface area (Å²) in [5.74, 6) is -1.08. The lowest BCUT2D eigenvalue weighted by molar-refractivity contribution is -0.136. The number of imide groups is 2. The fourth-order valence-corrected chi connectivity index (χ4v) is 4.11. The number of amides is 4. The van der Waals surface area contributed by atoms with E-state index in [0.29, 0.717) is 18.3 Å². The van der Waals surface area contributed by atoms with Crippen LogP contribution < -0.4 is 15.8 Å². The molecule has 1 saturated carbocycles. The summed E-state index contributed by atoms with van der Waals surface area (Å²) < 4.78 is 5.86. The van der Waals surface area contributed by atoms with Crippen LogP contribution in [0, 0.1) is 5.92 Å². The third-order valence-corrected chi connectivity index (χ3v) is 5.79. The van der Waals surface area contributed by atoms with Crippen molar-refractivity contribution in [1.29, 1.82) is 0 Å². The number of hydrogen-bond acceptors (Lipinski definition) is 6. The van der Waals surface area contributed by atoms with E-state index in [-0.39, 0.29) is 42.4 Å². The molecule has 1 atom stereocenters. The molecule has 3 aliphatic rings. The summed E-state index contributed by atoms with van der Waals surface area (Å²) in [6, 6.07) is 4.12. The summed E-state index contributed by atoms with van der Waals surface area (Å²) in [4.78, 5) is 49.9. The molecule has 1 aliphatic carbocycles. The fourth-order valence-electron chi connectivity index (χ4n) is 4.11. The molecule has 1 saturated heterocycles. The second-order valence-electron chi connectivity index (χ2n) is 7.75. The molecule has 0 radical (unpaired) electrons. The van der Waals surface area contributed by atoms with Crippen LogP contribution in [0.15, 0.2) is 18.2 Å². The number of benzene rings is 1. The summed E-state index contributed by atoms with van der Waals surface area (Å²) in [5, 5.41) is 2.19. The average Bonchev–Trinajstić information content (AvgIpc) is 2.92. The van der Waals surface area contributed by atoms with Gasteiger partial charge in [0.1, 0.15) is 11.8 Å². The molecule has 1 unspecified atom stereocenters. The number of hydrogen-bond donors (Lipinski definition) is 2. The number of piperidine rings is 1. The van der Waals surface area contributed by atoms with Gasteiger partial charge in [0, 0.05) is 12.5 Å². The Morgan fingerprint density at radius 2 is 1.69 bits per heavy atom. The number of nitrogens with two attached hydrogens (primary N) is 1. The van der Waals surface area contributed by atoms with Crippen LogP contribution in [0.4, 0.5) is 0 Å². The van der Waals surface area contributed by atoms with Crippen LogP contribution in [0.5, 0.6) is 5.75 Å². The summed E-state index contributed by atoms with van der Waals surface area (Å²) in [6.07, 6.45) is 4.27. The highest BCUT2D eigenvalue weighted by Crippen LogP contribution is 2.31. The lowest BCUT2D eigenvalue weighted by Gasteiger charge is -2.27. The highest BCUT2D eigenvalue weighted by Gasteiger charge is 2.44. The summed E-state index contributed by atoms with van der Waals surface area (Å²) in [7, 11) is 0. The van der Waals surface area contributed by atoms with Gasteiger partial charge in [0.15, 0.2) is 0 Å². The summed E-state index contributed by atoms with van der Waals surface area (Å²) >= 11 is 0. The summed E-state index contributed by atoms with van der Waals surface area (Å²) in [6.45, 7) is 0.546. The van der Waals surface area contributed by atoms with Crippen molar-refractivity contribution in [3.63, 3.8) is 0 Å². The van der Waals surface area contributed by atoms with Gasteiger partial charge in [-0.05, 0) is 56.2 Å². The van der Waals surface area contributed by atoms with Crippen molar-refractivity contribution >= 4 is 36.0 Å². The Labute approximate surface area is 174 Å². The van der Waals surface area contributed by atoms with Crippen molar-refractivity contribution < 1.29 is 23.9 Å². The molecule has 2 aliphatic heterocycles. The minimum Gasteiger partial charge on any atom is -0.493 e. The van der Waals surface area contributed by atoms with E-state index in [9.17, 15) is 19.2 Å².